The Morgan fingerprint density at radius 1 is 0.917 bits per heavy atom. The standard InChI is InChI=1S/C8H20N2S2/c1-5-7(3)9-11-12-10-8(4)6-2/h7-10H,5-6H2,1-4H3. The summed E-state index contributed by atoms with van der Waals surface area (Å²) in [6, 6.07) is 1.20. The minimum absolute atomic E-state index is 0.598. The molecule has 0 amide bonds. The first-order valence-corrected chi connectivity index (χ1v) is 6.69. The second-order valence-corrected chi connectivity index (χ2v) is 4.83. The zero-order chi connectivity index (χ0) is 9.40. The highest BCUT2D eigenvalue weighted by molar-refractivity contribution is 8.75. The van der Waals surface area contributed by atoms with E-state index in [9.17, 15) is 0 Å². The molecule has 0 saturated heterocycles. The molecule has 2 unspecified atom stereocenters. The third-order valence-corrected chi connectivity index (χ3v) is 3.67. The quantitative estimate of drug-likeness (QED) is 0.381. The van der Waals surface area contributed by atoms with Gasteiger partial charge in [-0.1, -0.05) is 13.8 Å². The first kappa shape index (κ1) is 12.6. The normalized spacial score (nSPS) is 16.0. The number of rotatable bonds is 7. The molecule has 0 aromatic carbocycles. The molecule has 2 nitrogen and oxygen atoms in total. The topological polar surface area (TPSA) is 24.1 Å². The summed E-state index contributed by atoms with van der Waals surface area (Å²) in [6.45, 7) is 8.75. The van der Waals surface area contributed by atoms with Crippen molar-refractivity contribution in [3.05, 3.63) is 0 Å². The lowest BCUT2D eigenvalue weighted by Crippen LogP contribution is -2.20. The van der Waals surface area contributed by atoms with Crippen LogP contribution >= 0.6 is 22.0 Å². The Hall–Kier alpha value is 0.620. The monoisotopic (exact) mass is 208 g/mol. The van der Waals surface area contributed by atoms with Gasteiger partial charge in [0.05, 0.1) is 0 Å². The fourth-order valence-corrected chi connectivity index (χ4v) is 2.41. The maximum atomic E-state index is 3.33. The van der Waals surface area contributed by atoms with E-state index in [0.717, 1.165) is 0 Å². The summed E-state index contributed by atoms with van der Waals surface area (Å²) in [5.41, 5.74) is 0. The molecule has 0 radical (unpaired) electrons. The predicted molar refractivity (Wildman–Crippen MR) is 61.0 cm³/mol. The molecule has 0 spiro atoms. The average Bonchev–Trinajstić information content (AvgIpc) is 2.11. The van der Waals surface area contributed by atoms with Crippen LogP contribution in [0.4, 0.5) is 0 Å². The molecule has 0 aliphatic rings. The van der Waals surface area contributed by atoms with Crippen LogP contribution < -0.4 is 9.44 Å². The van der Waals surface area contributed by atoms with Crippen molar-refractivity contribution in [1.29, 1.82) is 0 Å². The summed E-state index contributed by atoms with van der Waals surface area (Å²) in [5.74, 6) is 0. The van der Waals surface area contributed by atoms with E-state index in [1.165, 1.54) is 12.8 Å². The van der Waals surface area contributed by atoms with Gasteiger partial charge in [-0.15, -0.1) is 0 Å². The van der Waals surface area contributed by atoms with Gasteiger partial charge in [-0.3, -0.25) is 9.44 Å². The molecule has 12 heavy (non-hydrogen) atoms. The zero-order valence-corrected chi connectivity index (χ0v) is 10.0. The van der Waals surface area contributed by atoms with Crippen LogP contribution in [0, 0.1) is 0 Å². The second kappa shape index (κ2) is 8.23. The SMILES string of the molecule is CCC(C)NSSNC(C)CC. The van der Waals surface area contributed by atoms with E-state index in [-0.39, 0.29) is 0 Å². The maximum Gasteiger partial charge on any atom is 0.0149 e. The molecule has 2 N–H and O–H groups in total. The van der Waals surface area contributed by atoms with E-state index >= 15 is 0 Å². The molecule has 4 heteroatoms. The molecule has 0 aromatic heterocycles. The van der Waals surface area contributed by atoms with Gasteiger partial charge in [0, 0.05) is 34.0 Å². The van der Waals surface area contributed by atoms with Crippen molar-refractivity contribution in [2.24, 2.45) is 0 Å². The van der Waals surface area contributed by atoms with Gasteiger partial charge in [-0.2, -0.15) is 0 Å². The summed E-state index contributed by atoms with van der Waals surface area (Å²) in [5, 5.41) is 0. The Morgan fingerprint density at radius 3 is 1.50 bits per heavy atom. The van der Waals surface area contributed by atoms with Crippen LogP contribution in [0.1, 0.15) is 40.5 Å². The summed E-state index contributed by atoms with van der Waals surface area (Å²) in [4.78, 5) is 0. The van der Waals surface area contributed by atoms with Crippen molar-refractivity contribution in [3.8, 4) is 0 Å². The predicted octanol–water partition coefficient (Wildman–Crippen LogP) is 2.97. The Kier molecular flexibility index (Phi) is 8.65. The van der Waals surface area contributed by atoms with Gasteiger partial charge >= 0.3 is 0 Å². The second-order valence-electron chi connectivity index (χ2n) is 3.02. The molecule has 2 atom stereocenters. The number of hydrogen-bond acceptors (Lipinski definition) is 4. The van der Waals surface area contributed by atoms with Gasteiger partial charge in [0.1, 0.15) is 0 Å². The molecule has 0 bridgehead atoms. The molecule has 0 saturated carbocycles. The highest BCUT2D eigenvalue weighted by atomic mass is 33.1. The molecular weight excluding hydrogens is 188 g/mol. The smallest absolute Gasteiger partial charge is 0.0149 e. The van der Waals surface area contributed by atoms with Crippen LogP contribution in [0.3, 0.4) is 0 Å². The lowest BCUT2D eigenvalue weighted by atomic mass is 10.3. The minimum atomic E-state index is 0.598. The Morgan fingerprint density at radius 2 is 1.25 bits per heavy atom. The van der Waals surface area contributed by atoms with Gasteiger partial charge in [0.2, 0.25) is 0 Å². The van der Waals surface area contributed by atoms with Crippen molar-refractivity contribution < 1.29 is 0 Å². The Balaban J connectivity index is 3.10. The minimum Gasteiger partial charge on any atom is -0.251 e. The van der Waals surface area contributed by atoms with Crippen molar-refractivity contribution in [3.63, 3.8) is 0 Å². The molecule has 0 aliphatic carbocycles. The Labute approximate surface area is 84.3 Å². The van der Waals surface area contributed by atoms with Gasteiger partial charge < -0.3 is 0 Å². The fraction of sp³-hybridized carbons (Fsp3) is 1.00. The molecular formula is C8H20N2S2. The lowest BCUT2D eigenvalue weighted by molar-refractivity contribution is 0.667. The van der Waals surface area contributed by atoms with E-state index in [1.54, 1.807) is 22.0 Å². The third kappa shape index (κ3) is 7.28. The van der Waals surface area contributed by atoms with Gasteiger partial charge in [-0.05, 0) is 26.7 Å². The maximum absolute atomic E-state index is 3.33. The summed E-state index contributed by atoms with van der Waals surface area (Å²) >= 11 is 0. The van der Waals surface area contributed by atoms with E-state index in [4.69, 9.17) is 0 Å². The van der Waals surface area contributed by atoms with Crippen molar-refractivity contribution in [2.75, 3.05) is 0 Å². The third-order valence-electron chi connectivity index (χ3n) is 1.77. The fourth-order valence-electron chi connectivity index (χ4n) is 0.379. The van der Waals surface area contributed by atoms with Crippen LogP contribution in [0.5, 0.6) is 0 Å². The van der Waals surface area contributed by atoms with Crippen molar-refractivity contribution in [1.82, 2.24) is 9.44 Å². The summed E-state index contributed by atoms with van der Waals surface area (Å²) in [6.07, 6.45) is 2.35. The van der Waals surface area contributed by atoms with Gasteiger partial charge in [-0.25, -0.2) is 0 Å². The van der Waals surface area contributed by atoms with Crippen LogP contribution in [0.15, 0.2) is 0 Å². The van der Waals surface area contributed by atoms with E-state index in [0.29, 0.717) is 12.1 Å². The van der Waals surface area contributed by atoms with Crippen LogP contribution in [-0.2, 0) is 0 Å². The molecule has 0 heterocycles. The van der Waals surface area contributed by atoms with Crippen LogP contribution in [0.2, 0.25) is 0 Å². The largest absolute Gasteiger partial charge is 0.251 e. The van der Waals surface area contributed by atoms with E-state index in [2.05, 4.69) is 37.1 Å². The summed E-state index contributed by atoms with van der Waals surface area (Å²) in [7, 11) is 3.37. The van der Waals surface area contributed by atoms with Crippen LogP contribution in [-0.4, -0.2) is 12.1 Å². The molecule has 0 aliphatic heterocycles. The molecule has 74 valence electrons. The summed E-state index contributed by atoms with van der Waals surface area (Å²) < 4.78 is 6.66. The van der Waals surface area contributed by atoms with Crippen molar-refractivity contribution in [2.45, 2.75) is 52.6 Å². The van der Waals surface area contributed by atoms with Crippen LogP contribution in [0.25, 0.3) is 0 Å². The van der Waals surface area contributed by atoms with Gasteiger partial charge in [0.15, 0.2) is 0 Å². The van der Waals surface area contributed by atoms with E-state index in [1.807, 2.05) is 0 Å². The molecule has 0 fully saturated rings. The zero-order valence-electron chi connectivity index (χ0n) is 8.39. The first-order chi connectivity index (χ1) is 5.70. The number of nitrogens with one attached hydrogen (secondary N) is 2. The highest BCUT2D eigenvalue weighted by Gasteiger charge is 1.99. The highest BCUT2D eigenvalue weighted by Crippen LogP contribution is 2.15. The first-order valence-electron chi connectivity index (χ1n) is 4.54. The molecule has 0 rings (SSSR count). The van der Waals surface area contributed by atoms with E-state index < -0.39 is 0 Å². The van der Waals surface area contributed by atoms with Gasteiger partial charge in [0.25, 0.3) is 0 Å². The lowest BCUT2D eigenvalue weighted by Gasteiger charge is -2.12. The Bertz CT molecular complexity index is 89.1. The molecule has 0 aromatic rings. The average molecular weight is 208 g/mol. The van der Waals surface area contributed by atoms with Crippen molar-refractivity contribution >= 4 is 22.0 Å². The number of hydrogen-bond donors (Lipinski definition) is 2.